The quantitative estimate of drug-likeness (QED) is 0.542. The zero-order chi connectivity index (χ0) is 12.0. The summed E-state index contributed by atoms with van der Waals surface area (Å²) in [6, 6.07) is 9.88. The number of hydrogen-bond donors (Lipinski definition) is 0. The molecular formula is C14H18O2. The van der Waals surface area contributed by atoms with Crippen LogP contribution in [0.1, 0.15) is 24.8 Å². The average molecular weight is 218 g/mol. The molecule has 0 aromatic heterocycles. The van der Waals surface area contributed by atoms with Crippen LogP contribution < -0.4 is 0 Å². The van der Waals surface area contributed by atoms with Gasteiger partial charge in [0.15, 0.2) is 0 Å². The fraction of sp³-hybridized carbons (Fsp3) is 0.357. The van der Waals surface area contributed by atoms with Gasteiger partial charge >= 0.3 is 0 Å². The van der Waals surface area contributed by atoms with Gasteiger partial charge in [-0.3, -0.25) is 4.79 Å². The zero-order valence-corrected chi connectivity index (χ0v) is 9.85. The molecule has 2 heteroatoms. The van der Waals surface area contributed by atoms with Crippen LogP contribution in [0.25, 0.3) is 0 Å². The molecule has 0 saturated heterocycles. The molecule has 0 aliphatic heterocycles. The third kappa shape index (κ3) is 2.80. The molecule has 86 valence electrons. The van der Waals surface area contributed by atoms with Crippen LogP contribution in [0.15, 0.2) is 42.5 Å². The second-order valence-corrected chi connectivity index (χ2v) is 3.76. The number of hydrogen-bond acceptors (Lipinski definition) is 2. The molecule has 0 spiro atoms. The van der Waals surface area contributed by atoms with E-state index in [2.05, 4.69) is 6.58 Å². The predicted molar refractivity (Wildman–Crippen MR) is 65.5 cm³/mol. The van der Waals surface area contributed by atoms with E-state index in [0.717, 1.165) is 18.3 Å². The van der Waals surface area contributed by atoms with Crippen molar-refractivity contribution in [3.05, 3.63) is 48.0 Å². The van der Waals surface area contributed by atoms with Crippen LogP contribution in [-0.2, 0) is 9.53 Å². The van der Waals surface area contributed by atoms with Gasteiger partial charge in [0.1, 0.15) is 6.29 Å². The topological polar surface area (TPSA) is 26.3 Å². The fourth-order valence-electron chi connectivity index (χ4n) is 1.94. The van der Waals surface area contributed by atoms with Gasteiger partial charge in [-0.1, -0.05) is 43.8 Å². The van der Waals surface area contributed by atoms with E-state index in [0.29, 0.717) is 5.57 Å². The van der Waals surface area contributed by atoms with Gasteiger partial charge in [-0.25, -0.2) is 0 Å². The van der Waals surface area contributed by atoms with Crippen molar-refractivity contribution >= 4 is 6.29 Å². The molecule has 0 bridgehead atoms. The molecule has 1 aromatic carbocycles. The van der Waals surface area contributed by atoms with Crippen molar-refractivity contribution in [2.75, 3.05) is 7.11 Å². The van der Waals surface area contributed by atoms with E-state index >= 15 is 0 Å². The van der Waals surface area contributed by atoms with Gasteiger partial charge in [0.25, 0.3) is 0 Å². The van der Waals surface area contributed by atoms with Crippen LogP contribution in [0, 0.1) is 0 Å². The third-order valence-electron chi connectivity index (χ3n) is 2.79. The Bertz CT molecular complexity index is 339. The maximum absolute atomic E-state index is 10.9. The van der Waals surface area contributed by atoms with Gasteiger partial charge in [0, 0.05) is 13.0 Å². The van der Waals surface area contributed by atoms with E-state index in [-0.39, 0.29) is 12.0 Å². The predicted octanol–water partition coefficient (Wildman–Crippen LogP) is 2.95. The van der Waals surface area contributed by atoms with E-state index in [9.17, 15) is 4.79 Å². The molecule has 1 aromatic rings. The Morgan fingerprint density at radius 1 is 1.44 bits per heavy atom. The van der Waals surface area contributed by atoms with Crippen molar-refractivity contribution in [2.24, 2.45) is 0 Å². The highest BCUT2D eigenvalue weighted by Crippen LogP contribution is 2.29. The maximum atomic E-state index is 10.9. The van der Waals surface area contributed by atoms with E-state index in [1.807, 2.05) is 37.3 Å². The van der Waals surface area contributed by atoms with Gasteiger partial charge in [0.05, 0.1) is 6.10 Å². The Morgan fingerprint density at radius 3 is 2.50 bits per heavy atom. The minimum absolute atomic E-state index is 0.0000926. The Kier molecular flexibility index (Phi) is 4.93. The highest BCUT2D eigenvalue weighted by Gasteiger charge is 2.23. The maximum Gasteiger partial charge on any atom is 0.146 e. The van der Waals surface area contributed by atoms with Gasteiger partial charge in [-0.15, -0.1) is 0 Å². The van der Waals surface area contributed by atoms with E-state index in [4.69, 9.17) is 4.74 Å². The first-order valence-corrected chi connectivity index (χ1v) is 5.46. The number of aldehydes is 1. The van der Waals surface area contributed by atoms with Crippen LogP contribution in [0.4, 0.5) is 0 Å². The summed E-state index contributed by atoms with van der Waals surface area (Å²) in [7, 11) is 1.67. The highest BCUT2D eigenvalue weighted by molar-refractivity contribution is 5.75. The number of ether oxygens (including phenoxy) is 1. The van der Waals surface area contributed by atoms with E-state index < -0.39 is 0 Å². The average Bonchev–Trinajstić information content (AvgIpc) is 2.36. The van der Waals surface area contributed by atoms with Crippen molar-refractivity contribution in [3.8, 4) is 0 Å². The van der Waals surface area contributed by atoms with E-state index in [1.54, 1.807) is 7.11 Å². The number of rotatable bonds is 6. The first-order chi connectivity index (χ1) is 7.74. The highest BCUT2D eigenvalue weighted by atomic mass is 16.5. The minimum atomic E-state index is -0.0475. The minimum Gasteiger partial charge on any atom is -0.380 e. The molecule has 0 aliphatic rings. The van der Waals surface area contributed by atoms with Gasteiger partial charge < -0.3 is 4.74 Å². The molecular weight excluding hydrogens is 200 g/mol. The zero-order valence-electron chi connectivity index (χ0n) is 9.85. The summed E-state index contributed by atoms with van der Waals surface area (Å²) in [4.78, 5) is 10.9. The first kappa shape index (κ1) is 12.7. The van der Waals surface area contributed by atoms with Crippen molar-refractivity contribution in [2.45, 2.75) is 25.4 Å². The van der Waals surface area contributed by atoms with Gasteiger partial charge in [-0.2, -0.15) is 0 Å². The summed E-state index contributed by atoms with van der Waals surface area (Å²) < 4.78 is 5.42. The largest absolute Gasteiger partial charge is 0.380 e. The van der Waals surface area contributed by atoms with Crippen LogP contribution in [0.3, 0.4) is 0 Å². The molecule has 1 rings (SSSR count). The Hall–Kier alpha value is -1.41. The molecule has 0 amide bonds. The van der Waals surface area contributed by atoms with Crippen molar-refractivity contribution in [1.29, 1.82) is 0 Å². The Morgan fingerprint density at radius 2 is 2.06 bits per heavy atom. The summed E-state index contributed by atoms with van der Waals surface area (Å²) in [5.41, 5.74) is 1.65. The Balaban J connectivity index is 3.05. The summed E-state index contributed by atoms with van der Waals surface area (Å²) in [6.07, 6.45) is 1.67. The van der Waals surface area contributed by atoms with Crippen molar-refractivity contribution in [1.82, 2.24) is 0 Å². The van der Waals surface area contributed by atoms with Gasteiger partial charge in [0.2, 0.25) is 0 Å². The summed E-state index contributed by atoms with van der Waals surface area (Å²) in [5.74, 6) is -0.0475. The second kappa shape index (κ2) is 6.23. The second-order valence-electron chi connectivity index (χ2n) is 3.76. The van der Waals surface area contributed by atoms with Crippen LogP contribution in [-0.4, -0.2) is 19.5 Å². The lowest BCUT2D eigenvalue weighted by Gasteiger charge is -2.25. The summed E-state index contributed by atoms with van der Waals surface area (Å²) in [5, 5.41) is 0. The fourth-order valence-corrected chi connectivity index (χ4v) is 1.94. The molecule has 16 heavy (non-hydrogen) atoms. The van der Waals surface area contributed by atoms with E-state index in [1.165, 1.54) is 0 Å². The van der Waals surface area contributed by atoms with Crippen LogP contribution >= 0.6 is 0 Å². The normalized spacial score (nSPS) is 14.1. The molecule has 0 aliphatic carbocycles. The molecule has 0 heterocycles. The number of carbonyl (C=O) groups is 1. The lowest BCUT2D eigenvalue weighted by molar-refractivity contribution is -0.105. The third-order valence-corrected chi connectivity index (χ3v) is 2.79. The molecule has 2 nitrogen and oxygen atoms in total. The van der Waals surface area contributed by atoms with Crippen molar-refractivity contribution < 1.29 is 9.53 Å². The van der Waals surface area contributed by atoms with Crippen LogP contribution in [0.5, 0.6) is 0 Å². The lowest BCUT2D eigenvalue weighted by atomic mass is 9.86. The molecule has 0 N–H and O–H groups in total. The smallest absolute Gasteiger partial charge is 0.146 e. The monoisotopic (exact) mass is 218 g/mol. The first-order valence-electron chi connectivity index (χ1n) is 5.46. The number of benzene rings is 1. The number of carbonyl (C=O) groups excluding carboxylic acids is 1. The lowest BCUT2D eigenvalue weighted by Crippen LogP contribution is -2.22. The number of methoxy groups -OCH3 is 1. The molecule has 2 unspecified atom stereocenters. The standard InChI is InChI=1S/C14H18O2/c1-4-13(16-3)14(11(2)10-15)12-8-6-5-7-9-12/h5-10,13-14H,2,4H2,1,3H3. The summed E-state index contributed by atoms with van der Waals surface area (Å²) >= 11 is 0. The molecule has 0 saturated carbocycles. The van der Waals surface area contributed by atoms with Crippen LogP contribution in [0.2, 0.25) is 0 Å². The SMILES string of the molecule is C=C(C=O)C(c1ccccc1)C(CC)OC. The molecule has 2 atom stereocenters. The molecule has 0 radical (unpaired) electrons. The Labute approximate surface area is 96.9 Å². The van der Waals surface area contributed by atoms with Gasteiger partial charge in [-0.05, 0) is 17.6 Å². The molecule has 0 fully saturated rings. The summed E-state index contributed by atoms with van der Waals surface area (Å²) in [6.45, 7) is 5.86. The van der Waals surface area contributed by atoms with Crippen molar-refractivity contribution in [3.63, 3.8) is 0 Å².